The van der Waals surface area contributed by atoms with E-state index in [4.69, 9.17) is 14.2 Å². The van der Waals surface area contributed by atoms with Gasteiger partial charge in [-0.25, -0.2) is 13.7 Å². The van der Waals surface area contributed by atoms with E-state index < -0.39 is 39.5 Å². The minimum absolute atomic E-state index is 0.0409. The summed E-state index contributed by atoms with van der Waals surface area (Å²) < 4.78 is 30.0. The van der Waals surface area contributed by atoms with Gasteiger partial charge in [-0.1, -0.05) is 0 Å². The highest BCUT2D eigenvalue weighted by atomic mass is 32.2. The van der Waals surface area contributed by atoms with Gasteiger partial charge in [0, 0.05) is 20.3 Å². The Kier molecular flexibility index (Phi) is 6.35. The number of esters is 2. The van der Waals surface area contributed by atoms with Gasteiger partial charge in [0.15, 0.2) is 0 Å². The summed E-state index contributed by atoms with van der Waals surface area (Å²) in [5, 5.41) is 0. The molecule has 0 bridgehead atoms. The summed E-state index contributed by atoms with van der Waals surface area (Å²) in [4.78, 5) is 23.7. The predicted octanol–water partition coefficient (Wildman–Crippen LogP) is 1.55. The van der Waals surface area contributed by atoms with E-state index in [0.717, 1.165) is 0 Å². The van der Waals surface area contributed by atoms with Crippen molar-refractivity contribution in [3.8, 4) is 0 Å². The number of nitrogens with one attached hydrogen (secondary N) is 1. The Bertz CT molecular complexity index is 521. The van der Waals surface area contributed by atoms with E-state index in [1.807, 2.05) is 0 Å². The Balaban J connectivity index is 2.91. The molecule has 8 heteroatoms. The van der Waals surface area contributed by atoms with Gasteiger partial charge in [0.1, 0.15) is 11.8 Å². The molecule has 7 nitrogen and oxygen atoms in total. The molecule has 1 aliphatic heterocycles. The standard InChI is InChI=1S/C15H25NO6S/c1-7-20-13(18)11(16-23(19)14(2,3)4)8-10-9-12(17)22-15(5,6)21-10/h9,11,16H,7-8H2,1-6H3/t11-,23-/m1/s1. The first kappa shape index (κ1) is 19.6. The summed E-state index contributed by atoms with van der Waals surface area (Å²) in [6.07, 6.45) is 1.22. The molecule has 0 unspecified atom stereocenters. The lowest BCUT2D eigenvalue weighted by Gasteiger charge is -2.32. The Morgan fingerprint density at radius 1 is 1.39 bits per heavy atom. The minimum atomic E-state index is -1.47. The van der Waals surface area contributed by atoms with Gasteiger partial charge >= 0.3 is 11.9 Å². The first-order valence-corrected chi connectivity index (χ1v) is 8.57. The summed E-state index contributed by atoms with van der Waals surface area (Å²) in [6, 6.07) is -0.886. The highest BCUT2D eigenvalue weighted by Gasteiger charge is 2.34. The molecule has 23 heavy (non-hydrogen) atoms. The number of rotatable bonds is 6. The molecule has 0 amide bonds. The van der Waals surface area contributed by atoms with Crippen molar-refractivity contribution in [2.45, 2.75) is 64.5 Å². The van der Waals surface area contributed by atoms with Gasteiger partial charge < -0.3 is 14.2 Å². The van der Waals surface area contributed by atoms with Gasteiger partial charge in [0.25, 0.3) is 0 Å². The molecular weight excluding hydrogens is 322 g/mol. The second-order valence-electron chi connectivity index (χ2n) is 6.54. The quantitative estimate of drug-likeness (QED) is 0.733. The van der Waals surface area contributed by atoms with Crippen molar-refractivity contribution in [1.82, 2.24) is 4.72 Å². The van der Waals surface area contributed by atoms with E-state index >= 15 is 0 Å². The zero-order valence-electron chi connectivity index (χ0n) is 14.4. The third-order valence-corrected chi connectivity index (χ3v) is 4.39. The molecule has 1 N–H and O–H groups in total. The highest BCUT2D eigenvalue weighted by Crippen LogP contribution is 2.25. The fourth-order valence-electron chi connectivity index (χ4n) is 1.79. The van der Waals surface area contributed by atoms with Gasteiger partial charge in [0.2, 0.25) is 5.79 Å². The fraction of sp³-hybridized carbons (Fsp3) is 0.733. The van der Waals surface area contributed by atoms with Crippen LogP contribution in [-0.2, 0) is 34.8 Å². The molecule has 0 aromatic heterocycles. The predicted molar refractivity (Wildman–Crippen MR) is 85.4 cm³/mol. The molecule has 132 valence electrons. The normalized spacial score (nSPS) is 19.9. The van der Waals surface area contributed by atoms with E-state index in [-0.39, 0.29) is 18.8 Å². The SMILES string of the molecule is CCOC(=O)[C@@H](CC1=CC(=O)OC(C)(C)O1)N[S@](=O)C(C)(C)C. The van der Waals surface area contributed by atoms with Crippen LogP contribution in [0.2, 0.25) is 0 Å². The molecule has 2 atom stereocenters. The summed E-state index contributed by atoms with van der Waals surface area (Å²) in [5.41, 5.74) is 0. The van der Waals surface area contributed by atoms with Crippen molar-refractivity contribution in [3.05, 3.63) is 11.8 Å². The maximum atomic E-state index is 12.3. The zero-order valence-corrected chi connectivity index (χ0v) is 15.2. The molecule has 0 radical (unpaired) electrons. The van der Waals surface area contributed by atoms with Crippen molar-refractivity contribution in [3.63, 3.8) is 0 Å². The molecule has 0 aromatic rings. The largest absolute Gasteiger partial charge is 0.465 e. The van der Waals surface area contributed by atoms with Crippen molar-refractivity contribution in [1.29, 1.82) is 0 Å². The molecule has 1 rings (SSSR count). The maximum absolute atomic E-state index is 12.3. The van der Waals surface area contributed by atoms with Crippen LogP contribution >= 0.6 is 0 Å². The molecule has 0 saturated carbocycles. The van der Waals surface area contributed by atoms with Gasteiger partial charge in [-0.3, -0.25) is 4.79 Å². The zero-order chi connectivity index (χ0) is 17.8. The van der Waals surface area contributed by atoms with Crippen molar-refractivity contribution in [2.75, 3.05) is 6.61 Å². The lowest BCUT2D eigenvalue weighted by Crippen LogP contribution is -2.46. The van der Waals surface area contributed by atoms with E-state index in [9.17, 15) is 13.8 Å². The Labute approximate surface area is 139 Å². The van der Waals surface area contributed by atoms with Gasteiger partial charge in [-0.15, -0.1) is 0 Å². The number of ether oxygens (including phenoxy) is 3. The number of cyclic esters (lactones) is 1. The number of hydrogen-bond acceptors (Lipinski definition) is 6. The third kappa shape index (κ3) is 6.31. The molecule has 0 aliphatic carbocycles. The average Bonchev–Trinajstić information content (AvgIpc) is 2.34. The first-order chi connectivity index (χ1) is 10.4. The van der Waals surface area contributed by atoms with Crippen LogP contribution in [0.5, 0.6) is 0 Å². The smallest absolute Gasteiger partial charge is 0.337 e. The van der Waals surface area contributed by atoms with Crippen molar-refractivity contribution in [2.24, 2.45) is 0 Å². The monoisotopic (exact) mass is 347 g/mol. The Morgan fingerprint density at radius 3 is 2.48 bits per heavy atom. The second-order valence-corrected chi connectivity index (χ2v) is 8.54. The van der Waals surface area contributed by atoms with Crippen LogP contribution in [0.1, 0.15) is 48.0 Å². The van der Waals surface area contributed by atoms with Crippen LogP contribution in [0.4, 0.5) is 0 Å². The summed E-state index contributed by atoms with van der Waals surface area (Å²) in [6.45, 7) is 10.4. The second kappa shape index (κ2) is 7.44. The minimum Gasteiger partial charge on any atom is -0.465 e. The average molecular weight is 347 g/mol. The maximum Gasteiger partial charge on any atom is 0.337 e. The summed E-state index contributed by atoms with van der Waals surface area (Å²) in [5.74, 6) is -1.92. The van der Waals surface area contributed by atoms with E-state index in [2.05, 4.69) is 4.72 Å². The number of carbonyl (C=O) groups is 2. The van der Waals surface area contributed by atoms with E-state index in [1.54, 1.807) is 41.5 Å². The molecule has 0 spiro atoms. The summed E-state index contributed by atoms with van der Waals surface area (Å²) >= 11 is 0. The highest BCUT2D eigenvalue weighted by molar-refractivity contribution is 7.84. The van der Waals surface area contributed by atoms with Crippen molar-refractivity contribution < 1.29 is 28.0 Å². The molecule has 1 aliphatic rings. The van der Waals surface area contributed by atoms with Crippen LogP contribution in [-0.4, -0.2) is 39.3 Å². The molecule has 1 heterocycles. The third-order valence-electron chi connectivity index (χ3n) is 2.78. The van der Waals surface area contributed by atoms with Crippen LogP contribution in [0, 0.1) is 0 Å². The van der Waals surface area contributed by atoms with E-state index in [1.165, 1.54) is 6.08 Å². The molecular formula is C15H25NO6S. The van der Waals surface area contributed by atoms with Crippen molar-refractivity contribution >= 4 is 22.9 Å². The van der Waals surface area contributed by atoms with Crippen LogP contribution in [0.25, 0.3) is 0 Å². The topological polar surface area (TPSA) is 90.9 Å². The van der Waals surface area contributed by atoms with E-state index in [0.29, 0.717) is 0 Å². The van der Waals surface area contributed by atoms with Crippen LogP contribution in [0.15, 0.2) is 11.8 Å². The lowest BCUT2D eigenvalue weighted by atomic mass is 10.1. The van der Waals surface area contributed by atoms with Crippen LogP contribution < -0.4 is 4.72 Å². The number of carbonyl (C=O) groups excluding carboxylic acids is 2. The Hall–Kier alpha value is -1.41. The number of hydrogen-bond donors (Lipinski definition) is 1. The lowest BCUT2D eigenvalue weighted by molar-refractivity contribution is -0.206. The molecule has 0 aromatic carbocycles. The fourth-order valence-corrected chi connectivity index (χ4v) is 2.58. The first-order valence-electron chi connectivity index (χ1n) is 7.42. The Morgan fingerprint density at radius 2 is 2.00 bits per heavy atom. The molecule has 0 saturated heterocycles. The van der Waals surface area contributed by atoms with Gasteiger partial charge in [-0.2, -0.15) is 0 Å². The summed E-state index contributed by atoms with van der Waals surface area (Å²) in [7, 11) is -1.47. The van der Waals surface area contributed by atoms with Crippen LogP contribution in [0.3, 0.4) is 0 Å². The molecule has 0 fully saturated rings. The van der Waals surface area contributed by atoms with Gasteiger partial charge in [-0.05, 0) is 27.7 Å². The van der Waals surface area contributed by atoms with Gasteiger partial charge in [0.05, 0.1) is 28.4 Å².